The van der Waals surface area contributed by atoms with Crippen molar-refractivity contribution in [2.24, 2.45) is 7.05 Å². The Labute approximate surface area is 185 Å². The van der Waals surface area contributed by atoms with Crippen molar-refractivity contribution in [1.29, 1.82) is 0 Å². The molecule has 1 aromatic heterocycles. The Kier molecular flexibility index (Phi) is 7.88. The maximum atomic E-state index is 12.7. The van der Waals surface area contributed by atoms with Gasteiger partial charge >= 0.3 is 0 Å². The molecule has 1 aliphatic rings. The number of nitrogens with zero attached hydrogens (tertiary/aromatic N) is 3. The normalized spacial score (nSPS) is 15.9. The number of amides is 3. The molecule has 2 N–H and O–H groups in total. The van der Waals surface area contributed by atoms with Gasteiger partial charge in [-0.15, -0.1) is 0 Å². The average molecular weight is 448 g/mol. The molecule has 1 aliphatic heterocycles. The molecule has 10 heteroatoms. The van der Waals surface area contributed by atoms with Crippen molar-refractivity contribution >= 4 is 29.3 Å². The van der Waals surface area contributed by atoms with E-state index >= 15 is 0 Å². The Hall–Kier alpha value is -3.07. The molecule has 31 heavy (non-hydrogen) atoms. The van der Waals surface area contributed by atoms with E-state index in [2.05, 4.69) is 15.7 Å². The first kappa shape index (κ1) is 22.6. The van der Waals surface area contributed by atoms with E-state index in [-0.39, 0.29) is 43.8 Å². The minimum atomic E-state index is -0.298. The summed E-state index contributed by atoms with van der Waals surface area (Å²) in [5.74, 6) is -0.272. The van der Waals surface area contributed by atoms with Crippen LogP contribution < -0.4 is 15.4 Å². The number of hydrogen-bond acceptors (Lipinski definition) is 5. The Morgan fingerprint density at radius 2 is 2.06 bits per heavy atom. The van der Waals surface area contributed by atoms with Crippen LogP contribution in [-0.4, -0.2) is 65.2 Å². The third kappa shape index (κ3) is 6.45. The molecule has 0 spiro atoms. The van der Waals surface area contributed by atoms with Crippen LogP contribution in [0.3, 0.4) is 0 Å². The molecular weight excluding hydrogens is 422 g/mol. The fourth-order valence-corrected chi connectivity index (χ4v) is 3.46. The largest absolute Gasteiger partial charge is 0.491 e. The monoisotopic (exact) mass is 447 g/mol. The minimum Gasteiger partial charge on any atom is -0.491 e. The highest BCUT2D eigenvalue weighted by molar-refractivity contribution is 6.31. The van der Waals surface area contributed by atoms with Gasteiger partial charge in [0.2, 0.25) is 11.8 Å². The Balaban J connectivity index is 1.64. The van der Waals surface area contributed by atoms with Crippen molar-refractivity contribution in [2.75, 3.05) is 32.8 Å². The molecule has 0 fully saturated rings. The number of ether oxygens (including phenoxy) is 1. The lowest BCUT2D eigenvalue weighted by Gasteiger charge is -2.23. The van der Waals surface area contributed by atoms with Crippen LogP contribution in [0.2, 0.25) is 5.02 Å². The molecule has 166 valence electrons. The maximum Gasteiger partial charge on any atom is 0.255 e. The Morgan fingerprint density at radius 3 is 2.84 bits per heavy atom. The number of hydrogen-bond donors (Lipinski definition) is 2. The second-order valence-corrected chi connectivity index (χ2v) is 7.65. The van der Waals surface area contributed by atoms with Crippen LogP contribution in [0, 0.1) is 0 Å². The van der Waals surface area contributed by atoms with Crippen LogP contribution >= 0.6 is 11.6 Å². The molecule has 0 saturated heterocycles. The minimum absolute atomic E-state index is 0.0373. The molecule has 3 rings (SSSR count). The number of halogens is 1. The van der Waals surface area contributed by atoms with Crippen molar-refractivity contribution < 1.29 is 19.1 Å². The molecule has 1 aromatic carbocycles. The van der Waals surface area contributed by atoms with Crippen molar-refractivity contribution in [3.05, 3.63) is 46.7 Å². The zero-order valence-corrected chi connectivity index (χ0v) is 18.2. The van der Waals surface area contributed by atoms with Gasteiger partial charge in [-0.2, -0.15) is 5.10 Å². The van der Waals surface area contributed by atoms with Gasteiger partial charge in [0.25, 0.3) is 5.91 Å². The van der Waals surface area contributed by atoms with Gasteiger partial charge in [-0.3, -0.25) is 19.1 Å². The molecule has 0 aliphatic carbocycles. The summed E-state index contributed by atoms with van der Waals surface area (Å²) in [5.41, 5.74) is 1.28. The lowest BCUT2D eigenvalue weighted by atomic mass is 10.2. The summed E-state index contributed by atoms with van der Waals surface area (Å²) in [4.78, 5) is 39.2. The standard InChI is InChI=1S/C21H26ClN5O4/c1-26-16(7-9-25-26)4-6-20(29)27-11-2-8-24-21(30)17-13-15(22)3-5-18(17)31-12-10-23-19(28)14-27/h3,5,7,9,13H,2,4,6,8,10-12,14H2,1H3,(H,23,28)(H,24,30). The molecule has 2 heterocycles. The molecular formula is C21H26ClN5O4. The predicted octanol–water partition coefficient (Wildman–Crippen LogP) is 1.16. The SMILES string of the molecule is Cn1nccc1CCC(=O)N1CCCNC(=O)c2cc(Cl)ccc2OCCNC(=O)C1. The van der Waals surface area contributed by atoms with Crippen LogP contribution in [0.4, 0.5) is 0 Å². The van der Waals surface area contributed by atoms with Crippen LogP contribution in [0.25, 0.3) is 0 Å². The smallest absolute Gasteiger partial charge is 0.255 e. The summed E-state index contributed by atoms with van der Waals surface area (Å²) in [6, 6.07) is 6.69. The first-order valence-electron chi connectivity index (χ1n) is 10.2. The highest BCUT2D eigenvalue weighted by Crippen LogP contribution is 2.23. The number of nitrogens with one attached hydrogen (secondary N) is 2. The van der Waals surface area contributed by atoms with E-state index in [1.807, 2.05) is 13.1 Å². The third-order valence-electron chi connectivity index (χ3n) is 4.96. The van der Waals surface area contributed by atoms with Crippen LogP contribution in [0.5, 0.6) is 5.75 Å². The first-order chi connectivity index (χ1) is 14.9. The molecule has 2 aromatic rings. The Morgan fingerprint density at radius 1 is 1.23 bits per heavy atom. The zero-order chi connectivity index (χ0) is 22.2. The van der Waals surface area contributed by atoms with Gasteiger partial charge in [0, 0.05) is 43.5 Å². The van der Waals surface area contributed by atoms with E-state index in [1.54, 1.807) is 29.1 Å². The van der Waals surface area contributed by atoms with E-state index in [0.29, 0.717) is 42.3 Å². The van der Waals surface area contributed by atoms with E-state index in [9.17, 15) is 14.4 Å². The van der Waals surface area contributed by atoms with E-state index < -0.39 is 0 Å². The first-order valence-corrected chi connectivity index (χ1v) is 10.5. The molecule has 0 bridgehead atoms. The van der Waals surface area contributed by atoms with E-state index in [1.165, 1.54) is 4.90 Å². The number of fused-ring (bicyclic) bond motifs is 1. The van der Waals surface area contributed by atoms with Crippen LogP contribution in [-0.2, 0) is 23.1 Å². The van der Waals surface area contributed by atoms with Gasteiger partial charge in [0.1, 0.15) is 12.4 Å². The number of rotatable bonds is 3. The van der Waals surface area contributed by atoms with Gasteiger partial charge in [-0.05, 0) is 37.1 Å². The van der Waals surface area contributed by atoms with Crippen LogP contribution in [0.15, 0.2) is 30.5 Å². The lowest BCUT2D eigenvalue weighted by molar-refractivity contribution is -0.136. The van der Waals surface area contributed by atoms with Crippen molar-refractivity contribution in [3.63, 3.8) is 0 Å². The highest BCUT2D eigenvalue weighted by atomic mass is 35.5. The summed E-state index contributed by atoms with van der Waals surface area (Å²) < 4.78 is 7.37. The highest BCUT2D eigenvalue weighted by Gasteiger charge is 2.19. The predicted molar refractivity (Wildman–Crippen MR) is 115 cm³/mol. The average Bonchev–Trinajstić information content (AvgIpc) is 3.16. The zero-order valence-electron chi connectivity index (χ0n) is 17.4. The number of aromatic nitrogens is 2. The summed E-state index contributed by atoms with van der Waals surface area (Å²) in [6.07, 6.45) is 3.00. The second-order valence-electron chi connectivity index (χ2n) is 7.21. The van der Waals surface area contributed by atoms with Crippen molar-refractivity contribution in [1.82, 2.24) is 25.3 Å². The summed E-state index contributed by atoms with van der Waals surface area (Å²) in [7, 11) is 1.82. The number of aryl methyl sites for hydroxylation is 2. The summed E-state index contributed by atoms with van der Waals surface area (Å²) >= 11 is 6.02. The molecule has 3 amide bonds. The topological polar surface area (TPSA) is 106 Å². The number of benzene rings is 1. The lowest BCUT2D eigenvalue weighted by Crippen LogP contribution is -2.43. The molecule has 0 atom stereocenters. The quantitative estimate of drug-likeness (QED) is 0.734. The number of carbonyl (C=O) groups is 3. The number of carbonyl (C=O) groups excluding carboxylic acids is 3. The summed E-state index contributed by atoms with van der Waals surface area (Å²) in [5, 5.41) is 10.1. The molecule has 0 unspecified atom stereocenters. The van der Waals surface area contributed by atoms with Gasteiger partial charge in [-0.1, -0.05) is 11.6 Å². The molecule has 0 radical (unpaired) electrons. The summed E-state index contributed by atoms with van der Waals surface area (Å²) in [6.45, 7) is 1.10. The van der Waals surface area contributed by atoms with Gasteiger partial charge in [0.15, 0.2) is 0 Å². The Bertz CT molecular complexity index is 946. The fourth-order valence-electron chi connectivity index (χ4n) is 3.28. The van der Waals surface area contributed by atoms with Crippen molar-refractivity contribution in [3.8, 4) is 5.75 Å². The van der Waals surface area contributed by atoms with Gasteiger partial charge in [-0.25, -0.2) is 0 Å². The van der Waals surface area contributed by atoms with Gasteiger partial charge in [0.05, 0.1) is 18.7 Å². The fraction of sp³-hybridized carbons (Fsp3) is 0.429. The molecule has 0 saturated carbocycles. The second kappa shape index (κ2) is 10.8. The van der Waals surface area contributed by atoms with E-state index in [0.717, 1.165) is 5.69 Å². The molecule has 9 nitrogen and oxygen atoms in total. The van der Waals surface area contributed by atoms with E-state index in [4.69, 9.17) is 16.3 Å². The van der Waals surface area contributed by atoms with Gasteiger partial charge < -0.3 is 20.3 Å². The van der Waals surface area contributed by atoms with Crippen molar-refractivity contribution in [2.45, 2.75) is 19.3 Å². The maximum absolute atomic E-state index is 12.7. The third-order valence-corrected chi connectivity index (χ3v) is 5.20. The van der Waals surface area contributed by atoms with Crippen LogP contribution in [0.1, 0.15) is 28.9 Å².